The van der Waals surface area contributed by atoms with E-state index in [1.54, 1.807) is 18.0 Å². The lowest BCUT2D eigenvalue weighted by molar-refractivity contribution is 0.536. The highest BCUT2D eigenvalue weighted by Crippen LogP contribution is 2.27. The standard InChI is InChI=1S/C16H20ClNOS/c1-2-8-18-14(10-13-7-9-19-11-13)12-20-16-6-4-3-5-15(16)17/h3-7,9,11,14,18H,2,8,10,12H2,1H3. The lowest BCUT2D eigenvalue weighted by Gasteiger charge is -2.17. The fraction of sp³-hybridized carbons (Fsp3) is 0.375. The van der Waals surface area contributed by atoms with E-state index in [1.807, 2.05) is 30.5 Å². The van der Waals surface area contributed by atoms with E-state index in [1.165, 1.54) is 5.56 Å². The van der Waals surface area contributed by atoms with Crippen LogP contribution in [0.4, 0.5) is 0 Å². The van der Waals surface area contributed by atoms with Crippen molar-refractivity contribution in [2.45, 2.75) is 30.7 Å². The van der Waals surface area contributed by atoms with Gasteiger partial charge in [-0.3, -0.25) is 0 Å². The molecule has 0 aliphatic rings. The van der Waals surface area contributed by atoms with Crippen LogP contribution < -0.4 is 5.32 Å². The van der Waals surface area contributed by atoms with E-state index >= 15 is 0 Å². The Kier molecular flexibility index (Phi) is 6.51. The second kappa shape index (κ2) is 8.40. The van der Waals surface area contributed by atoms with E-state index in [0.717, 1.165) is 35.1 Å². The molecule has 0 saturated heterocycles. The summed E-state index contributed by atoms with van der Waals surface area (Å²) in [5.41, 5.74) is 1.23. The molecule has 0 fully saturated rings. The first-order valence-electron chi connectivity index (χ1n) is 6.91. The van der Waals surface area contributed by atoms with Gasteiger partial charge in [-0.15, -0.1) is 11.8 Å². The van der Waals surface area contributed by atoms with Crippen molar-refractivity contribution >= 4 is 23.4 Å². The number of furan rings is 1. The maximum Gasteiger partial charge on any atom is 0.0935 e. The molecule has 1 atom stereocenters. The number of benzene rings is 1. The molecule has 1 N–H and O–H groups in total. The van der Waals surface area contributed by atoms with Crippen molar-refractivity contribution in [3.8, 4) is 0 Å². The normalized spacial score (nSPS) is 12.5. The Morgan fingerprint density at radius 1 is 1.30 bits per heavy atom. The van der Waals surface area contributed by atoms with E-state index < -0.39 is 0 Å². The summed E-state index contributed by atoms with van der Waals surface area (Å²) in [4.78, 5) is 1.14. The van der Waals surface area contributed by atoms with Crippen LogP contribution in [0, 0.1) is 0 Å². The fourth-order valence-electron chi connectivity index (χ4n) is 1.98. The molecule has 108 valence electrons. The topological polar surface area (TPSA) is 25.2 Å². The number of hydrogen-bond acceptors (Lipinski definition) is 3. The van der Waals surface area contributed by atoms with Crippen LogP contribution in [0.3, 0.4) is 0 Å². The molecule has 1 aromatic carbocycles. The lowest BCUT2D eigenvalue weighted by atomic mass is 10.1. The summed E-state index contributed by atoms with van der Waals surface area (Å²) in [6, 6.07) is 10.5. The van der Waals surface area contributed by atoms with Gasteiger partial charge in [0.2, 0.25) is 0 Å². The quantitative estimate of drug-likeness (QED) is 0.719. The zero-order chi connectivity index (χ0) is 14.2. The molecule has 2 rings (SSSR count). The first kappa shape index (κ1) is 15.5. The Morgan fingerprint density at radius 3 is 2.85 bits per heavy atom. The van der Waals surface area contributed by atoms with E-state index in [-0.39, 0.29) is 0 Å². The summed E-state index contributed by atoms with van der Waals surface area (Å²) in [5.74, 6) is 0.995. The summed E-state index contributed by atoms with van der Waals surface area (Å²) in [6.45, 7) is 3.22. The van der Waals surface area contributed by atoms with Crippen molar-refractivity contribution in [3.05, 3.63) is 53.4 Å². The summed E-state index contributed by atoms with van der Waals surface area (Å²) in [6.07, 6.45) is 5.67. The van der Waals surface area contributed by atoms with Crippen molar-refractivity contribution in [2.75, 3.05) is 12.3 Å². The highest BCUT2D eigenvalue weighted by Gasteiger charge is 2.11. The minimum atomic E-state index is 0.425. The fourth-order valence-corrected chi connectivity index (χ4v) is 3.28. The number of thioether (sulfide) groups is 1. The molecule has 2 aromatic rings. The average Bonchev–Trinajstić information content (AvgIpc) is 2.96. The lowest BCUT2D eigenvalue weighted by Crippen LogP contribution is -2.33. The van der Waals surface area contributed by atoms with Gasteiger partial charge in [0.05, 0.1) is 17.5 Å². The molecule has 0 bridgehead atoms. The predicted molar refractivity (Wildman–Crippen MR) is 86.7 cm³/mol. The molecule has 1 heterocycles. The van der Waals surface area contributed by atoms with Crippen molar-refractivity contribution in [3.63, 3.8) is 0 Å². The third-order valence-corrected chi connectivity index (χ3v) is 4.70. The molecule has 0 amide bonds. The largest absolute Gasteiger partial charge is 0.472 e. The maximum absolute atomic E-state index is 6.20. The molecule has 20 heavy (non-hydrogen) atoms. The van der Waals surface area contributed by atoms with Gasteiger partial charge in [0.25, 0.3) is 0 Å². The molecule has 0 saturated carbocycles. The minimum Gasteiger partial charge on any atom is -0.472 e. The van der Waals surface area contributed by atoms with Gasteiger partial charge in [0.1, 0.15) is 0 Å². The molecule has 1 aromatic heterocycles. The molecule has 0 aliphatic carbocycles. The average molecular weight is 310 g/mol. The Hall–Kier alpha value is -0.900. The molecule has 2 nitrogen and oxygen atoms in total. The highest BCUT2D eigenvalue weighted by molar-refractivity contribution is 7.99. The summed E-state index contributed by atoms with van der Waals surface area (Å²) in [7, 11) is 0. The third kappa shape index (κ3) is 4.89. The van der Waals surface area contributed by atoms with Crippen LogP contribution in [0.2, 0.25) is 5.02 Å². The van der Waals surface area contributed by atoms with Gasteiger partial charge in [-0.05, 0) is 43.1 Å². The minimum absolute atomic E-state index is 0.425. The third-order valence-electron chi connectivity index (χ3n) is 3.02. The van der Waals surface area contributed by atoms with Gasteiger partial charge in [0.15, 0.2) is 0 Å². The molecular weight excluding hydrogens is 290 g/mol. The highest BCUT2D eigenvalue weighted by atomic mass is 35.5. The van der Waals surface area contributed by atoms with Gasteiger partial charge < -0.3 is 9.73 Å². The maximum atomic E-state index is 6.20. The van der Waals surface area contributed by atoms with Crippen LogP contribution in [0.1, 0.15) is 18.9 Å². The van der Waals surface area contributed by atoms with Crippen LogP contribution in [-0.2, 0) is 6.42 Å². The zero-order valence-corrected chi connectivity index (χ0v) is 13.2. The number of rotatable bonds is 8. The Labute approximate surface area is 129 Å². The van der Waals surface area contributed by atoms with Gasteiger partial charge in [-0.2, -0.15) is 0 Å². The Bertz CT molecular complexity index is 501. The summed E-state index contributed by atoms with van der Waals surface area (Å²) < 4.78 is 5.15. The van der Waals surface area contributed by atoms with E-state index in [4.69, 9.17) is 16.0 Å². The van der Waals surface area contributed by atoms with Crippen molar-refractivity contribution < 1.29 is 4.42 Å². The van der Waals surface area contributed by atoms with Crippen molar-refractivity contribution in [2.24, 2.45) is 0 Å². The van der Waals surface area contributed by atoms with Gasteiger partial charge in [0, 0.05) is 16.7 Å². The SMILES string of the molecule is CCCNC(CSc1ccccc1Cl)Cc1ccoc1. The van der Waals surface area contributed by atoms with Crippen LogP contribution in [0.15, 0.2) is 52.2 Å². The van der Waals surface area contributed by atoms with Gasteiger partial charge >= 0.3 is 0 Å². The molecular formula is C16H20ClNOS. The smallest absolute Gasteiger partial charge is 0.0935 e. The van der Waals surface area contributed by atoms with Crippen LogP contribution in [0.5, 0.6) is 0 Å². The monoisotopic (exact) mass is 309 g/mol. The van der Waals surface area contributed by atoms with Crippen molar-refractivity contribution in [1.82, 2.24) is 5.32 Å². The second-order valence-corrected chi connectivity index (χ2v) is 6.20. The number of nitrogens with one attached hydrogen (secondary N) is 1. The predicted octanol–water partition coefficient (Wildman–Crippen LogP) is 4.64. The van der Waals surface area contributed by atoms with Crippen LogP contribution >= 0.6 is 23.4 Å². The molecule has 0 spiro atoms. The first-order chi connectivity index (χ1) is 9.79. The summed E-state index contributed by atoms with van der Waals surface area (Å²) >= 11 is 8.00. The van der Waals surface area contributed by atoms with Crippen LogP contribution in [0.25, 0.3) is 0 Å². The molecule has 1 unspecified atom stereocenters. The van der Waals surface area contributed by atoms with E-state index in [9.17, 15) is 0 Å². The molecule has 0 aliphatic heterocycles. The Morgan fingerprint density at radius 2 is 2.15 bits per heavy atom. The number of hydrogen-bond donors (Lipinski definition) is 1. The van der Waals surface area contributed by atoms with E-state index in [2.05, 4.69) is 18.3 Å². The van der Waals surface area contributed by atoms with Crippen LogP contribution in [-0.4, -0.2) is 18.3 Å². The van der Waals surface area contributed by atoms with E-state index in [0.29, 0.717) is 6.04 Å². The Balaban J connectivity index is 1.91. The second-order valence-electron chi connectivity index (χ2n) is 4.73. The van der Waals surface area contributed by atoms with Gasteiger partial charge in [-0.25, -0.2) is 0 Å². The van der Waals surface area contributed by atoms with Crippen molar-refractivity contribution in [1.29, 1.82) is 0 Å². The first-order valence-corrected chi connectivity index (χ1v) is 8.27. The number of halogens is 1. The zero-order valence-electron chi connectivity index (χ0n) is 11.6. The molecule has 4 heteroatoms. The molecule has 0 radical (unpaired) electrons. The summed E-state index contributed by atoms with van der Waals surface area (Å²) in [5, 5.41) is 4.42. The van der Waals surface area contributed by atoms with Gasteiger partial charge in [-0.1, -0.05) is 30.7 Å².